The number of allylic oxidation sites excluding steroid dienone is 28. The molecule has 0 amide bonds. The molecule has 0 aromatic heterocycles. The Morgan fingerprint density at radius 1 is 0.252 bits per heavy atom. The maximum absolute atomic E-state index is 13.1. The lowest BCUT2D eigenvalue weighted by Crippen LogP contribution is -2.30. The van der Waals surface area contributed by atoms with E-state index in [1.54, 1.807) is 0 Å². The quantitative estimate of drug-likeness (QED) is 0.0146. The molecule has 115 heavy (non-hydrogen) atoms. The van der Waals surface area contributed by atoms with E-state index in [0.717, 1.165) is 173 Å². The normalized spacial score (nSPS) is 14.6. The van der Waals surface area contributed by atoms with Crippen molar-refractivity contribution in [3.05, 3.63) is 170 Å². The molecule has 0 aliphatic rings. The van der Waals surface area contributed by atoms with Gasteiger partial charge in [-0.05, 0) is 154 Å². The van der Waals surface area contributed by atoms with E-state index in [2.05, 4.69) is 191 Å². The smallest absolute Gasteiger partial charge is 0.463 e. The van der Waals surface area contributed by atoms with Crippen molar-refractivity contribution in [1.82, 2.24) is 0 Å². The van der Waals surface area contributed by atoms with Crippen LogP contribution in [0.15, 0.2) is 170 Å². The Hall–Kier alpha value is -5.09. The summed E-state index contributed by atoms with van der Waals surface area (Å²) in [6.45, 7) is 2.44. The SMILES string of the molecule is CC/C=C\C/C=C\C/C=C\C/C=C\C/C=C\CCCCCCCCCCCCCCCC(=O)OCC(O)COP(=O)(O)OCC(O)COP(=O)(O)OCC(COC(=O)CCCCCCCCCCCCCCC/C=C\C/C=C\C/C=C\C/C=C\CCCCC)OC(=O)CCCCCCC/C=C\C/C=C\C/C=C\C/C=C\C/C=C\CC. The topological polar surface area (TPSA) is 231 Å². The summed E-state index contributed by atoms with van der Waals surface area (Å²) < 4.78 is 61.4. The van der Waals surface area contributed by atoms with E-state index in [4.69, 9.17) is 32.3 Å². The first-order valence-corrected chi connectivity index (χ1v) is 48.4. The fraction of sp³-hybridized carbons (Fsp3) is 0.680. The monoisotopic (exact) mass is 1650 g/mol. The Bertz CT molecular complexity index is 2770. The van der Waals surface area contributed by atoms with Gasteiger partial charge in [-0.15, -0.1) is 0 Å². The number of carbonyl (C=O) groups excluding carboxylic acids is 3. The van der Waals surface area contributed by atoms with Crippen LogP contribution in [0.4, 0.5) is 0 Å². The van der Waals surface area contributed by atoms with Crippen molar-refractivity contribution in [1.29, 1.82) is 0 Å². The highest BCUT2D eigenvalue weighted by Gasteiger charge is 2.29. The lowest BCUT2D eigenvalue weighted by atomic mass is 10.0. The molecule has 18 heteroatoms. The summed E-state index contributed by atoms with van der Waals surface area (Å²) in [5, 5.41) is 20.7. The van der Waals surface area contributed by atoms with Crippen molar-refractivity contribution in [3.8, 4) is 0 Å². The second kappa shape index (κ2) is 88.2. The third-order valence-electron chi connectivity index (χ3n) is 18.9. The predicted octanol–water partition coefficient (Wildman–Crippen LogP) is 27.9. The maximum Gasteiger partial charge on any atom is 0.472 e. The van der Waals surface area contributed by atoms with Gasteiger partial charge in [-0.1, -0.05) is 364 Å². The summed E-state index contributed by atoms with van der Waals surface area (Å²) in [7, 11) is -9.82. The van der Waals surface area contributed by atoms with Crippen LogP contribution in [0.2, 0.25) is 0 Å². The molecule has 658 valence electrons. The minimum atomic E-state index is -4.95. The van der Waals surface area contributed by atoms with Crippen molar-refractivity contribution < 1.29 is 75.8 Å². The average molecular weight is 1650 g/mol. The fourth-order valence-corrected chi connectivity index (χ4v) is 13.7. The number of esters is 3. The third kappa shape index (κ3) is 89.5. The summed E-state index contributed by atoms with van der Waals surface area (Å²) in [4.78, 5) is 59.0. The van der Waals surface area contributed by atoms with Crippen LogP contribution in [-0.4, -0.2) is 95.9 Å². The summed E-state index contributed by atoms with van der Waals surface area (Å²) >= 11 is 0. The number of aliphatic hydroxyl groups excluding tert-OH is 2. The van der Waals surface area contributed by atoms with Gasteiger partial charge in [-0.3, -0.25) is 32.5 Å². The molecular weight excluding hydrogens is 1480 g/mol. The molecule has 0 aromatic rings. The minimum absolute atomic E-state index is 0.0780. The van der Waals surface area contributed by atoms with Gasteiger partial charge in [0.15, 0.2) is 6.10 Å². The van der Waals surface area contributed by atoms with Gasteiger partial charge in [0.1, 0.15) is 25.4 Å². The van der Waals surface area contributed by atoms with Gasteiger partial charge in [0.05, 0.1) is 26.4 Å². The van der Waals surface area contributed by atoms with Crippen molar-refractivity contribution in [2.45, 2.75) is 386 Å². The first-order valence-electron chi connectivity index (χ1n) is 45.4. The number of ether oxygens (including phenoxy) is 3. The van der Waals surface area contributed by atoms with Crippen LogP contribution in [0.5, 0.6) is 0 Å². The number of phosphoric ester groups is 2. The number of hydrogen-bond donors (Lipinski definition) is 4. The van der Waals surface area contributed by atoms with Crippen LogP contribution in [0, 0.1) is 0 Å². The van der Waals surface area contributed by atoms with Crippen LogP contribution in [-0.2, 0) is 55.8 Å². The van der Waals surface area contributed by atoms with Crippen LogP contribution < -0.4 is 0 Å². The summed E-state index contributed by atoms with van der Waals surface area (Å²) in [5.74, 6) is -1.59. The molecule has 0 aromatic carbocycles. The molecule has 16 nitrogen and oxygen atoms in total. The summed E-state index contributed by atoms with van der Waals surface area (Å²) in [6, 6.07) is 0. The number of phosphoric acid groups is 2. The van der Waals surface area contributed by atoms with E-state index in [1.807, 2.05) is 0 Å². The minimum Gasteiger partial charge on any atom is -0.463 e. The lowest BCUT2D eigenvalue weighted by molar-refractivity contribution is -0.161. The van der Waals surface area contributed by atoms with Crippen LogP contribution in [0.25, 0.3) is 0 Å². The van der Waals surface area contributed by atoms with Gasteiger partial charge >= 0.3 is 33.6 Å². The largest absolute Gasteiger partial charge is 0.472 e. The Kier molecular flexibility index (Phi) is 84.3. The van der Waals surface area contributed by atoms with E-state index in [0.29, 0.717) is 19.3 Å². The van der Waals surface area contributed by atoms with Gasteiger partial charge in [0, 0.05) is 19.3 Å². The van der Waals surface area contributed by atoms with Crippen molar-refractivity contribution in [3.63, 3.8) is 0 Å². The molecule has 0 aliphatic carbocycles. The molecule has 0 aliphatic heterocycles. The number of rotatable bonds is 85. The Labute approximate surface area is 701 Å². The highest BCUT2D eigenvalue weighted by molar-refractivity contribution is 7.47. The van der Waals surface area contributed by atoms with E-state index in [1.165, 1.54) is 135 Å². The molecule has 0 saturated heterocycles. The van der Waals surface area contributed by atoms with Crippen LogP contribution in [0.1, 0.15) is 367 Å². The van der Waals surface area contributed by atoms with Gasteiger partial charge in [0.25, 0.3) is 0 Å². The predicted molar refractivity (Wildman–Crippen MR) is 482 cm³/mol. The molecule has 0 spiro atoms. The number of unbranched alkanes of at least 4 members (excludes halogenated alkanes) is 34. The van der Waals surface area contributed by atoms with Crippen molar-refractivity contribution in [2.24, 2.45) is 0 Å². The molecule has 0 fully saturated rings. The highest BCUT2D eigenvalue weighted by atomic mass is 31.2. The molecule has 0 rings (SSSR count). The van der Waals surface area contributed by atoms with E-state index < -0.39 is 91.5 Å². The number of carbonyl (C=O) groups is 3. The lowest BCUT2D eigenvalue weighted by Gasteiger charge is -2.21. The molecule has 0 radical (unpaired) electrons. The van der Waals surface area contributed by atoms with Crippen LogP contribution >= 0.6 is 15.6 Å². The standard InChI is InChI=1S/C97H164O16P2/c1-4-7-10-13-16-19-22-25-28-31-34-37-39-41-43-45-47-49-51-54-56-59-62-65-68-71-74-77-80-83-95(100)107-86-92(98)87-109-114(103,104)110-88-93(99)89-111-115(105,106)112-91-94(113-97(102)85-82-79-76-73-70-67-64-61-58-53-36-33-30-27-24-21-18-15-12-9-6-3)90-108-96(101)84-81-78-75-72-69-66-63-60-57-55-52-50-48-46-44-42-40-38-35-32-29-26-23-20-17-14-11-8-5-2/h7,9-10,12,16-21,25-30,34-38,41-44,53,61,64,92-94,98-99H,4-6,8,11,13-15,22-24,31-33,39-40,45-52,54-60,62-63,65-91H2,1-3H3,(H,103,104)(H,105,106)/b10-7-,12-9-,19-16-,20-17-,21-18-,28-25-,29-26-,30-27-,37-34-,38-35-,43-41-,44-42-,53-36-,64-61-. The maximum atomic E-state index is 13.1. The average Bonchev–Trinajstić information content (AvgIpc) is 0.901. The third-order valence-corrected chi connectivity index (χ3v) is 20.8. The van der Waals surface area contributed by atoms with Crippen molar-refractivity contribution in [2.75, 3.05) is 39.6 Å². The molecule has 5 unspecified atom stereocenters. The van der Waals surface area contributed by atoms with Gasteiger partial charge in [-0.2, -0.15) is 0 Å². The molecule has 0 bridgehead atoms. The molecular formula is C97H164O16P2. The fourth-order valence-electron chi connectivity index (χ4n) is 12.1. The first kappa shape index (κ1) is 110. The Morgan fingerprint density at radius 2 is 0.461 bits per heavy atom. The zero-order valence-electron chi connectivity index (χ0n) is 72.4. The van der Waals surface area contributed by atoms with Crippen LogP contribution in [0.3, 0.4) is 0 Å². The molecule has 5 atom stereocenters. The highest BCUT2D eigenvalue weighted by Crippen LogP contribution is 2.45. The second-order valence-electron chi connectivity index (χ2n) is 30.0. The zero-order chi connectivity index (χ0) is 83.6. The second-order valence-corrected chi connectivity index (χ2v) is 32.9. The van der Waals surface area contributed by atoms with Gasteiger partial charge < -0.3 is 34.2 Å². The summed E-state index contributed by atoms with van der Waals surface area (Å²) in [5.41, 5.74) is 0. The zero-order valence-corrected chi connectivity index (χ0v) is 74.2. The Morgan fingerprint density at radius 3 is 0.730 bits per heavy atom. The van der Waals surface area contributed by atoms with E-state index >= 15 is 0 Å². The molecule has 0 saturated carbocycles. The molecule has 0 heterocycles. The molecule has 4 N–H and O–H groups in total. The Balaban J connectivity index is 4.63. The number of aliphatic hydroxyl groups is 2. The van der Waals surface area contributed by atoms with E-state index in [9.17, 15) is 43.5 Å². The summed E-state index contributed by atoms with van der Waals surface area (Å²) in [6.07, 6.45) is 114. The van der Waals surface area contributed by atoms with Gasteiger partial charge in [-0.25, -0.2) is 9.13 Å². The number of hydrogen-bond acceptors (Lipinski definition) is 14. The first-order chi connectivity index (χ1) is 56.2. The van der Waals surface area contributed by atoms with Crippen molar-refractivity contribution >= 4 is 33.6 Å². The van der Waals surface area contributed by atoms with E-state index in [-0.39, 0.29) is 19.3 Å². The van der Waals surface area contributed by atoms with Gasteiger partial charge in [0.2, 0.25) is 0 Å².